The van der Waals surface area contributed by atoms with Crippen LogP contribution in [0.3, 0.4) is 0 Å². The van der Waals surface area contributed by atoms with E-state index < -0.39 is 6.09 Å². The molecule has 0 aliphatic carbocycles. The summed E-state index contributed by atoms with van der Waals surface area (Å²) in [6, 6.07) is 5.74. The molecule has 4 N–H and O–H groups in total. The van der Waals surface area contributed by atoms with Crippen LogP contribution in [-0.4, -0.2) is 47.0 Å². The van der Waals surface area contributed by atoms with Gasteiger partial charge in [0.2, 0.25) is 16.9 Å². The number of nitrogens with one attached hydrogen (secondary N) is 4. The Morgan fingerprint density at radius 2 is 2.15 bits per heavy atom. The average Bonchev–Trinajstić information content (AvgIpc) is 3.05. The van der Waals surface area contributed by atoms with Crippen LogP contribution >= 0.6 is 22.9 Å². The first-order valence-corrected chi connectivity index (χ1v) is 11.8. The zero-order valence-corrected chi connectivity index (χ0v) is 20.4. The monoisotopic (exact) mass is 501 g/mol. The van der Waals surface area contributed by atoms with Crippen LogP contribution in [0.25, 0.3) is 0 Å². The molecule has 2 aromatic heterocycles. The Labute approximate surface area is 205 Å². The van der Waals surface area contributed by atoms with Crippen molar-refractivity contribution in [3.63, 3.8) is 0 Å². The van der Waals surface area contributed by atoms with Crippen molar-refractivity contribution < 1.29 is 14.3 Å². The minimum atomic E-state index is -0.571. The van der Waals surface area contributed by atoms with E-state index in [2.05, 4.69) is 36.1 Å². The van der Waals surface area contributed by atoms with Gasteiger partial charge in [0, 0.05) is 25.0 Å². The Balaban J connectivity index is 1.56. The number of halogens is 1. The summed E-state index contributed by atoms with van der Waals surface area (Å²) < 4.78 is 5.31. The highest BCUT2D eigenvalue weighted by Crippen LogP contribution is 2.38. The van der Waals surface area contributed by atoms with Crippen molar-refractivity contribution in [3.8, 4) is 5.06 Å². The lowest BCUT2D eigenvalue weighted by Gasteiger charge is -2.16. The molecule has 1 aliphatic heterocycles. The normalized spacial score (nSPS) is 13.5. The molecule has 0 saturated carbocycles. The molecule has 1 aliphatic rings. The number of hydrogen-bond donors (Lipinski definition) is 4. The van der Waals surface area contributed by atoms with E-state index in [9.17, 15) is 9.59 Å². The fourth-order valence-corrected chi connectivity index (χ4v) is 4.36. The van der Waals surface area contributed by atoms with E-state index in [4.69, 9.17) is 16.3 Å². The van der Waals surface area contributed by atoms with Crippen molar-refractivity contribution in [1.29, 1.82) is 0 Å². The molecule has 34 heavy (non-hydrogen) atoms. The smallest absolute Gasteiger partial charge is 0.397 e. The molecule has 0 atom stereocenters. The summed E-state index contributed by atoms with van der Waals surface area (Å²) in [7, 11) is 1.49. The van der Waals surface area contributed by atoms with Crippen LogP contribution in [0.5, 0.6) is 5.06 Å². The van der Waals surface area contributed by atoms with E-state index in [0.29, 0.717) is 46.3 Å². The van der Waals surface area contributed by atoms with Crippen molar-refractivity contribution >= 4 is 63.8 Å². The molecule has 3 aromatic rings. The van der Waals surface area contributed by atoms with E-state index in [0.717, 1.165) is 23.4 Å². The van der Waals surface area contributed by atoms with Crippen LogP contribution in [0, 0.1) is 6.92 Å². The molecule has 2 amide bonds. The summed E-state index contributed by atoms with van der Waals surface area (Å²) in [5, 5.41) is 14.2. The number of aromatic nitrogens is 2. The first-order chi connectivity index (χ1) is 16.4. The maximum atomic E-state index is 12.2. The van der Waals surface area contributed by atoms with E-state index in [1.807, 2.05) is 37.4 Å². The quantitative estimate of drug-likeness (QED) is 0.390. The molecule has 0 radical (unpaired) electrons. The summed E-state index contributed by atoms with van der Waals surface area (Å²) >= 11 is 7.61. The molecular weight excluding hydrogens is 478 g/mol. The molecule has 12 heteroatoms. The second-order valence-electron chi connectivity index (χ2n) is 7.58. The first-order valence-electron chi connectivity index (χ1n) is 10.6. The number of benzene rings is 1. The summed E-state index contributed by atoms with van der Waals surface area (Å²) in [6.07, 6.45) is 0.906. The van der Waals surface area contributed by atoms with Gasteiger partial charge >= 0.3 is 6.09 Å². The number of carbonyl (C=O) groups excluding carboxylic acids is 2. The maximum absolute atomic E-state index is 12.2. The van der Waals surface area contributed by atoms with Crippen LogP contribution in [0.15, 0.2) is 29.8 Å². The number of hydrogen-bond acceptors (Lipinski definition) is 9. The Morgan fingerprint density at radius 3 is 2.91 bits per heavy atom. The minimum Gasteiger partial charge on any atom is -0.397 e. The standard InChI is InChI=1S/C22H24ClN7O3S/c1-4-30-9-13-5-6-14(7-16(13)27-17(31)10-30)26-21-25-8-15(23)19(29-21)28-18-12(2)11-34-20(18)33-22(32)24-3/h5-8,11H,4,9-10H2,1-3H3,(H,24,32)(H,27,31)(H2,25,26,28,29). The van der Waals surface area contributed by atoms with Crippen LogP contribution in [0.1, 0.15) is 18.1 Å². The molecule has 0 spiro atoms. The van der Waals surface area contributed by atoms with Crippen molar-refractivity contribution in [2.75, 3.05) is 36.1 Å². The Bertz CT molecular complexity index is 1230. The van der Waals surface area contributed by atoms with Gasteiger partial charge in [0.15, 0.2) is 5.82 Å². The third kappa shape index (κ3) is 5.38. The molecule has 0 bridgehead atoms. The topological polar surface area (TPSA) is 121 Å². The largest absolute Gasteiger partial charge is 0.413 e. The Hall–Kier alpha value is -3.41. The van der Waals surface area contributed by atoms with Gasteiger partial charge in [0.1, 0.15) is 5.02 Å². The minimum absolute atomic E-state index is 0.0483. The average molecular weight is 502 g/mol. The lowest BCUT2D eigenvalue weighted by Crippen LogP contribution is -2.29. The summed E-state index contributed by atoms with van der Waals surface area (Å²) in [5.74, 6) is 0.612. The number of likely N-dealkylation sites (N-methyl/N-ethyl adjacent to an activating group) is 1. The molecule has 1 aromatic carbocycles. The highest BCUT2D eigenvalue weighted by molar-refractivity contribution is 7.12. The molecule has 3 heterocycles. The third-order valence-electron chi connectivity index (χ3n) is 5.17. The molecule has 178 valence electrons. The van der Waals surface area contributed by atoms with E-state index in [-0.39, 0.29) is 5.91 Å². The molecule has 4 rings (SSSR count). The summed E-state index contributed by atoms with van der Waals surface area (Å²) in [4.78, 5) is 34.7. The second-order valence-corrected chi connectivity index (χ2v) is 8.83. The van der Waals surface area contributed by atoms with Crippen LogP contribution < -0.4 is 26.0 Å². The van der Waals surface area contributed by atoms with Gasteiger partial charge in [-0.3, -0.25) is 9.69 Å². The molecule has 0 fully saturated rings. The molecular formula is C22H24ClN7O3S. The Kier molecular flexibility index (Phi) is 7.15. The number of aryl methyl sites for hydroxylation is 1. The van der Waals surface area contributed by atoms with Gasteiger partial charge in [-0.2, -0.15) is 4.98 Å². The van der Waals surface area contributed by atoms with E-state index >= 15 is 0 Å². The van der Waals surface area contributed by atoms with Gasteiger partial charge in [-0.05, 0) is 42.1 Å². The predicted octanol–water partition coefficient (Wildman–Crippen LogP) is 4.48. The van der Waals surface area contributed by atoms with Gasteiger partial charge in [-0.25, -0.2) is 9.78 Å². The Morgan fingerprint density at radius 1 is 1.32 bits per heavy atom. The zero-order valence-electron chi connectivity index (χ0n) is 18.9. The fraction of sp³-hybridized carbons (Fsp3) is 0.273. The van der Waals surface area contributed by atoms with Gasteiger partial charge in [0.05, 0.1) is 18.4 Å². The second kappa shape index (κ2) is 10.2. The number of fused-ring (bicyclic) bond motifs is 1. The van der Waals surface area contributed by atoms with Crippen molar-refractivity contribution in [2.24, 2.45) is 0 Å². The first kappa shape index (κ1) is 23.7. The number of nitrogens with zero attached hydrogens (tertiary/aromatic N) is 3. The lowest BCUT2D eigenvalue weighted by molar-refractivity contribution is -0.117. The number of rotatable bonds is 6. The zero-order chi connectivity index (χ0) is 24.2. The highest BCUT2D eigenvalue weighted by atomic mass is 35.5. The predicted molar refractivity (Wildman–Crippen MR) is 134 cm³/mol. The maximum Gasteiger partial charge on any atom is 0.413 e. The molecule has 10 nitrogen and oxygen atoms in total. The van der Waals surface area contributed by atoms with Crippen LogP contribution in [-0.2, 0) is 11.3 Å². The summed E-state index contributed by atoms with van der Waals surface area (Å²) in [5.41, 5.74) is 3.97. The van der Waals surface area contributed by atoms with E-state index in [1.54, 1.807) is 0 Å². The van der Waals surface area contributed by atoms with Crippen LogP contribution in [0.4, 0.5) is 33.6 Å². The van der Waals surface area contributed by atoms with Crippen molar-refractivity contribution in [1.82, 2.24) is 20.2 Å². The SMILES string of the molecule is CCN1CC(=O)Nc2cc(Nc3ncc(Cl)c(Nc4c(C)csc4OC(=O)NC)n3)ccc2C1. The van der Waals surface area contributed by atoms with Gasteiger partial charge < -0.3 is 26.0 Å². The molecule has 0 unspecified atom stereocenters. The lowest BCUT2D eigenvalue weighted by atomic mass is 10.1. The van der Waals surface area contributed by atoms with E-state index in [1.165, 1.54) is 24.6 Å². The number of thiophene rings is 1. The van der Waals surface area contributed by atoms with Crippen LogP contribution in [0.2, 0.25) is 5.02 Å². The van der Waals surface area contributed by atoms with Gasteiger partial charge in [-0.1, -0.05) is 24.6 Å². The van der Waals surface area contributed by atoms with Crippen molar-refractivity contribution in [2.45, 2.75) is 20.4 Å². The number of amides is 2. The van der Waals surface area contributed by atoms with Crippen molar-refractivity contribution in [3.05, 3.63) is 45.9 Å². The van der Waals surface area contributed by atoms with Gasteiger partial charge in [0.25, 0.3) is 0 Å². The number of ether oxygens (including phenoxy) is 1. The fourth-order valence-electron chi connectivity index (χ4n) is 3.36. The third-order valence-corrected chi connectivity index (χ3v) is 6.42. The van der Waals surface area contributed by atoms with Gasteiger partial charge in [-0.15, -0.1) is 11.3 Å². The highest BCUT2D eigenvalue weighted by Gasteiger charge is 2.19. The number of carbonyl (C=O) groups is 2. The summed E-state index contributed by atoms with van der Waals surface area (Å²) in [6.45, 7) is 5.75. The number of anilines is 5. The molecule has 0 saturated heterocycles.